The minimum absolute atomic E-state index is 0.0571. The molecule has 1 heterocycles. The molecule has 1 saturated heterocycles. The number of ether oxygens (including phenoxy) is 1. The quantitative estimate of drug-likeness (QED) is 0.728. The van der Waals surface area contributed by atoms with Crippen LogP contribution >= 0.6 is 0 Å². The third kappa shape index (κ3) is 5.65. The molecule has 7 heteroatoms. The summed E-state index contributed by atoms with van der Waals surface area (Å²) in [7, 11) is 1.83. The lowest BCUT2D eigenvalue weighted by Gasteiger charge is -2.34. The number of piperidine rings is 1. The van der Waals surface area contributed by atoms with Gasteiger partial charge in [0.1, 0.15) is 5.75 Å². The highest BCUT2D eigenvalue weighted by atomic mass is 19.2. The maximum Gasteiger partial charge on any atom is 0.263 e. The number of amides is 2. The highest BCUT2D eigenvalue weighted by Gasteiger charge is 2.31. The SMILES string of the molecule is CCCCN(C)C(=O)C1CCN(C(=O)C(C)Oc2ccc(F)c(F)c2)CC1. The van der Waals surface area contributed by atoms with Crippen LogP contribution < -0.4 is 4.74 Å². The molecule has 1 unspecified atom stereocenters. The Hall–Kier alpha value is -2.18. The highest BCUT2D eigenvalue weighted by molar-refractivity contribution is 5.82. The van der Waals surface area contributed by atoms with E-state index in [2.05, 4.69) is 6.92 Å². The minimum Gasteiger partial charge on any atom is -0.481 e. The van der Waals surface area contributed by atoms with Crippen molar-refractivity contribution in [1.29, 1.82) is 0 Å². The Kier molecular flexibility index (Phi) is 7.56. The first-order valence-corrected chi connectivity index (χ1v) is 9.49. The molecule has 0 saturated carbocycles. The van der Waals surface area contributed by atoms with E-state index in [1.807, 2.05) is 7.05 Å². The smallest absolute Gasteiger partial charge is 0.263 e. The summed E-state index contributed by atoms with van der Waals surface area (Å²) in [6.07, 6.45) is 2.46. The number of nitrogens with zero attached hydrogens (tertiary/aromatic N) is 2. The Morgan fingerprint density at radius 2 is 1.93 bits per heavy atom. The fraction of sp³-hybridized carbons (Fsp3) is 0.600. The topological polar surface area (TPSA) is 49.9 Å². The molecule has 27 heavy (non-hydrogen) atoms. The van der Waals surface area contributed by atoms with Gasteiger partial charge in [0.05, 0.1) is 0 Å². The van der Waals surface area contributed by atoms with Crippen molar-refractivity contribution in [3.8, 4) is 5.75 Å². The van der Waals surface area contributed by atoms with Gasteiger partial charge in [-0.1, -0.05) is 13.3 Å². The van der Waals surface area contributed by atoms with Crippen LogP contribution in [0.15, 0.2) is 18.2 Å². The lowest BCUT2D eigenvalue weighted by Crippen LogP contribution is -2.47. The maximum absolute atomic E-state index is 13.3. The molecule has 0 spiro atoms. The predicted octanol–water partition coefficient (Wildman–Crippen LogP) is 3.23. The van der Waals surface area contributed by atoms with Crippen molar-refractivity contribution in [2.45, 2.75) is 45.6 Å². The number of hydrogen-bond acceptors (Lipinski definition) is 3. The van der Waals surface area contributed by atoms with E-state index in [-0.39, 0.29) is 23.5 Å². The number of benzene rings is 1. The highest BCUT2D eigenvalue weighted by Crippen LogP contribution is 2.22. The van der Waals surface area contributed by atoms with Crippen molar-refractivity contribution in [2.24, 2.45) is 5.92 Å². The molecule has 1 aliphatic heterocycles. The molecule has 1 aromatic carbocycles. The molecule has 2 rings (SSSR count). The predicted molar refractivity (Wildman–Crippen MR) is 98.3 cm³/mol. The van der Waals surface area contributed by atoms with Crippen molar-refractivity contribution in [3.63, 3.8) is 0 Å². The van der Waals surface area contributed by atoms with Crippen molar-refractivity contribution in [2.75, 3.05) is 26.7 Å². The van der Waals surface area contributed by atoms with Crippen LogP contribution in [-0.2, 0) is 9.59 Å². The van der Waals surface area contributed by atoms with Crippen LogP contribution in [0.5, 0.6) is 5.75 Å². The molecule has 5 nitrogen and oxygen atoms in total. The summed E-state index contributed by atoms with van der Waals surface area (Å²) in [4.78, 5) is 28.4. The number of hydrogen-bond donors (Lipinski definition) is 0. The van der Waals surface area contributed by atoms with E-state index in [4.69, 9.17) is 4.74 Å². The van der Waals surface area contributed by atoms with Crippen LogP contribution in [0.1, 0.15) is 39.5 Å². The van der Waals surface area contributed by atoms with Crippen LogP contribution in [0.25, 0.3) is 0 Å². The summed E-state index contributed by atoms with van der Waals surface area (Å²) in [6.45, 7) is 5.41. The van der Waals surface area contributed by atoms with Gasteiger partial charge in [-0.05, 0) is 38.3 Å². The first-order valence-electron chi connectivity index (χ1n) is 9.49. The Morgan fingerprint density at radius 1 is 1.26 bits per heavy atom. The molecule has 0 radical (unpaired) electrons. The van der Waals surface area contributed by atoms with Gasteiger partial charge in [0, 0.05) is 38.7 Å². The average molecular weight is 382 g/mol. The minimum atomic E-state index is -1.02. The molecule has 1 aromatic rings. The summed E-state index contributed by atoms with van der Waals surface area (Å²) in [6, 6.07) is 3.18. The number of halogens is 2. The summed E-state index contributed by atoms with van der Waals surface area (Å²) in [5.74, 6) is -2.00. The first kappa shape index (κ1) is 21.1. The lowest BCUT2D eigenvalue weighted by molar-refractivity contribution is -0.143. The number of rotatable bonds is 7. The number of likely N-dealkylation sites (tertiary alicyclic amines) is 1. The second kappa shape index (κ2) is 9.67. The third-order valence-corrected chi connectivity index (χ3v) is 4.93. The Morgan fingerprint density at radius 3 is 2.52 bits per heavy atom. The summed E-state index contributed by atoms with van der Waals surface area (Å²) < 4.78 is 31.7. The van der Waals surface area contributed by atoms with Crippen LogP contribution in [-0.4, -0.2) is 54.4 Å². The molecule has 1 atom stereocenters. The monoisotopic (exact) mass is 382 g/mol. The molecular weight excluding hydrogens is 354 g/mol. The van der Waals surface area contributed by atoms with E-state index in [1.54, 1.807) is 16.7 Å². The first-order chi connectivity index (χ1) is 12.8. The number of unbranched alkanes of at least 4 members (excludes halogenated alkanes) is 1. The van der Waals surface area contributed by atoms with Gasteiger partial charge in [0.25, 0.3) is 5.91 Å². The second-order valence-electron chi connectivity index (χ2n) is 7.05. The van der Waals surface area contributed by atoms with Crippen LogP contribution in [0, 0.1) is 17.6 Å². The Labute approximate surface area is 159 Å². The van der Waals surface area contributed by atoms with E-state index in [1.165, 1.54) is 6.07 Å². The largest absolute Gasteiger partial charge is 0.481 e. The van der Waals surface area contributed by atoms with Gasteiger partial charge in [-0.3, -0.25) is 9.59 Å². The number of carbonyl (C=O) groups is 2. The van der Waals surface area contributed by atoms with E-state index < -0.39 is 17.7 Å². The normalized spacial score (nSPS) is 16.1. The van der Waals surface area contributed by atoms with Gasteiger partial charge in [-0.15, -0.1) is 0 Å². The molecule has 0 bridgehead atoms. The zero-order chi connectivity index (χ0) is 20.0. The van der Waals surface area contributed by atoms with Crippen molar-refractivity contribution < 1.29 is 23.1 Å². The van der Waals surface area contributed by atoms with Gasteiger partial charge >= 0.3 is 0 Å². The van der Waals surface area contributed by atoms with Crippen LogP contribution in [0.2, 0.25) is 0 Å². The van der Waals surface area contributed by atoms with E-state index >= 15 is 0 Å². The molecule has 1 aliphatic rings. The molecule has 1 fully saturated rings. The Bertz CT molecular complexity index is 661. The Balaban J connectivity index is 1.84. The zero-order valence-electron chi connectivity index (χ0n) is 16.2. The molecule has 2 amide bonds. The molecule has 150 valence electrons. The maximum atomic E-state index is 13.3. The molecule has 0 aromatic heterocycles. The van der Waals surface area contributed by atoms with Crippen molar-refractivity contribution in [3.05, 3.63) is 29.8 Å². The van der Waals surface area contributed by atoms with Gasteiger partial charge in [0.2, 0.25) is 5.91 Å². The van der Waals surface area contributed by atoms with Gasteiger partial charge < -0.3 is 14.5 Å². The number of carbonyl (C=O) groups excluding carboxylic acids is 2. The standard InChI is InChI=1S/C20H28F2N2O3/c1-4-5-10-23(3)20(26)15-8-11-24(12-9-15)19(25)14(2)27-16-6-7-17(21)18(22)13-16/h6-7,13-15H,4-5,8-12H2,1-3H3. The van der Waals surface area contributed by atoms with E-state index in [0.717, 1.165) is 31.5 Å². The summed E-state index contributed by atoms with van der Waals surface area (Å²) >= 11 is 0. The fourth-order valence-electron chi connectivity index (χ4n) is 3.23. The van der Waals surface area contributed by atoms with Crippen molar-refractivity contribution >= 4 is 11.8 Å². The molecule has 0 N–H and O–H groups in total. The molecular formula is C20H28F2N2O3. The van der Waals surface area contributed by atoms with E-state index in [0.29, 0.717) is 25.9 Å². The third-order valence-electron chi connectivity index (χ3n) is 4.93. The van der Waals surface area contributed by atoms with E-state index in [9.17, 15) is 18.4 Å². The lowest BCUT2D eigenvalue weighted by atomic mass is 9.95. The van der Waals surface area contributed by atoms with Gasteiger partial charge in [0.15, 0.2) is 17.7 Å². The van der Waals surface area contributed by atoms with Crippen molar-refractivity contribution in [1.82, 2.24) is 9.80 Å². The summed E-state index contributed by atoms with van der Waals surface area (Å²) in [5.41, 5.74) is 0. The second-order valence-corrected chi connectivity index (χ2v) is 7.05. The van der Waals surface area contributed by atoms with Crippen LogP contribution in [0.3, 0.4) is 0 Å². The summed E-state index contributed by atoms with van der Waals surface area (Å²) in [5, 5.41) is 0. The average Bonchev–Trinajstić information content (AvgIpc) is 2.67. The fourth-order valence-corrected chi connectivity index (χ4v) is 3.23. The van der Waals surface area contributed by atoms with Gasteiger partial charge in [-0.2, -0.15) is 0 Å². The zero-order valence-corrected chi connectivity index (χ0v) is 16.2. The van der Waals surface area contributed by atoms with Gasteiger partial charge in [-0.25, -0.2) is 8.78 Å². The molecule has 0 aliphatic carbocycles. The van der Waals surface area contributed by atoms with Crippen LogP contribution in [0.4, 0.5) is 8.78 Å².